The van der Waals surface area contributed by atoms with Gasteiger partial charge in [0.2, 0.25) is 5.79 Å². The van der Waals surface area contributed by atoms with Crippen molar-refractivity contribution in [1.29, 1.82) is 0 Å². The molecule has 3 aromatic rings. The first-order valence-electron chi connectivity index (χ1n) is 21.3. The molecular weight excluding hydrogens is 823 g/mol. The fourth-order valence-corrected chi connectivity index (χ4v) is 6.61. The number of ether oxygens (including phenoxy) is 6. The largest absolute Gasteiger partial charge is 0.481 e. The van der Waals surface area contributed by atoms with E-state index in [1.165, 1.54) is 25.8 Å². The molecule has 64 heavy (non-hydrogen) atoms. The van der Waals surface area contributed by atoms with Gasteiger partial charge < -0.3 is 39.3 Å². The smallest absolute Gasteiger partial charge is 0.323 e. The van der Waals surface area contributed by atoms with Gasteiger partial charge in [-0.15, -0.1) is 12.8 Å². The van der Waals surface area contributed by atoms with Crippen molar-refractivity contribution in [3.05, 3.63) is 120 Å². The SMILES string of the molecule is C=C1CC(=O)OC(C)(C)O1.CC1(C)OC(=O)C(C[C@@H](N)Cc2ccccc2)C(=O)O1.C[C@@H](Cc1ccccc1)C(=O)O.C[C@@H](Cc1ccccc1)CC1C(=O)OC(C)(C)OC1=O.[2H]C#C. The van der Waals surface area contributed by atoms with Gasteiger partial charge in [0.1, 0.15) is 13.6 Å². The Hall–Kier alpha value is -6.46. The van der Waals surface area contributed by atoms with E-state index < -0.39 is 59.0 Å². The number of aliphatic carboxylic acids is 1. The summed E-state index contributed by atoms with van der Waals surface area (Å²) in [6.45, 7) is 16.8. The fraction of sp³-hybridized carbons (Fsp3) is 0.440. The molecule has 3 aliphatic heterocycles. The monoisotopic (exact) mass is 886 g/mol. The van der Waals surface area contributed by atoms with Crippen molar-refractivity contribution in [2.45, 2.75) is 117 Å². The minimum absolute atomic E-state index is 0.170. The molecule has 14 nitrogen and oxygen atoms in total. The van der Waals surface area contributed by atoms with Gasteiger partial charge in [0.15, 0.2) is 11.8 Å². The van der Waals surface area contributed by atoms with Crippen LogP contribution in [-0.4, -0.2) is 64.3 Å². The lowest BCUT2D eigenvalue weighted by Gasteiger charge is -2.33. The first-order chi connectivity index (χ1) is 30.4. The van der Waals surface area contributed by atoms with E-state index in [1.807, 2.05) is 97.9 Å². The van der Waals surface area contributed by atoms with Crippen LogP contribution in [0, 0.1) is 36.5 Å². The molecule has 14 heteroatoms. The van der Waals surface area contributed by atoms with Crippen molar-refractivity contribution < 1.29 is 63.7 Å². The number of esters is 5. The maximum Gasteiger partial charge on any atom is 0.323 e. The van der Waals surface area contributed by atoms with Crippen molar-refractivity contribution >= 4 is 35.8 Å². The Morgan fingerprint density at radius 3 is 1.36 bits per heavy atom. The number of terminal acetylenes is 1. The molecule has 0 radical (unpaired) electrons. The molecule has 3 aromatic carbocycles. The first kappa shape index (κ1) is 51.9. The van der Waals surface area contributed by atoms with E-state index in [4.69, 9.17) is 40.6 Å². The highest BCUT2D eigenvalue weighted by atomic mass is 16.8. The van der Waals surface area contributed by atoms with Gasteiger partial charge in [-0.25, -0.2) is 0 Å². The maximum absolute atomic E-state index is 11.9. The van der Waals surface area contributed by atoms with Crippen LogP contribution in [0.4, 0.5) is 0 Å². The predicted molar refractivity (Wildman–Crippen MR) is 238 cm³/mol. The fourth-order valence-electron chi connectivity index (χ4n) is 6.61. The molecule has 3 fully saturated rings. The summed E-state index contributed by atoms with van der Waals surface area (Å²) in [7, 11) is 0. The summed E-state index contributed by atoms with van der Waals surface area (Å²) < 4.78 is 36.1. The number of hydrogen-bond donors (Lipinski definition) is 2. The molecule has 0 amide bonds. The van der Waals surface area contributed by atoms with Crippen LogP contribution in [0.25, 0.3) is 0 Å². The van der Waals surface area contributed by atoms with Crippen molar-refractivity contribution in [3.63, 3.8) is 0 Å². The van der Waals surface area contributed by atoms with Gasteiger partial charge in [0.05, 0.1) is 5.92 Å². The Morgan fingerprint density at radius 1 is 0.656 bits per heavy atom. The molecule has 346 valence electrons. The van der Waals surface area contributed by atoms with Crippen molar-refractivity contribution in [2.24, 2.45) is 29.4 Å². The molecule has 0 aliphatic carbocycles. The van der Waals surface area contributed by atoms with Crippen molar-refractivity contribution in [3.8, 4) is 12.8 Å². The van der Waals surface area contributed by atoms with Crippen LogP contribution < -0.4 is 5.73 Å². The van der Waals surface area contributed by atoms with Gasteiger partial charge in [-0.05, 0) is 54.7 Å². The molecule has 0 spiro atoms. The average Bonchev–Trinajstić information content (AvgIpc) is 3.18. The third kappa shape index (κ3) is 19.7. The summed E-state index contributed by atoms with van der Waals surface area (Å²) in [5, 5.41) is 8.64. The molecular formula is C50H63NO13. The Morgan fingerprint density at radius 2 is 1.00 bits per heavy atom. The number of hydrogen-bond acceptors (Lipinski definition) is 13. The normalized spacial score (nSPS) is 18.7. The quantitative estimate of drug-likeness (QED) is 0.0829. The number of rotatable bonds is 11. The summed E-state index contributed by atoms with van der Waals surface area (Å²) >= 11 is 0. The van der Waals surface area contributed by atoms with Crippen LogP contribution in [0.1, 0.15) is 92.7 Å². The van der Waals surface area contributed by atoms with Crippen LogP contribution in [0.3, 0.4) is 0 Å². The predicted octanol–water partition coefficient (Wildman–Crippen LogP) is 7.51. The highest BCUT2D eigenvalue weighted by Gasteiger charge is 2.44. The second kappa shape index (κ2) is 25.0. The summed E-state index contributed by atoms with van der Waals surface area (Å²) in [4.78, 5) is 68.7. The number of carbonyl (C=O) groups excluding carboxylic acids is 5. The van der Waals surface area contributed by atoms with Crippen LogP contribution in [-0.2, 0) is 76.5 Å². The lowest BCUT2D eigenvalue weighted by molar-refractivity contribution is -0.242. The van der Waals surface area contributed by atoms with E-state index in [-0.39, 0.29) is 36.7 Å². The zero-order valence-electron chi connectivity index (χ0n) is 39.0. The van der Waals surface area contributed by atoms with Gasteiger partial charge >= 0.3 is 35.8 Å². The highest BCUT2D eigenvalue weighted by Crippen LogP contribution is 2.29. The van der Waals surface area contributed by atoms with Crippen molar-refractivity contribution in [1.82, 2.24) is 0 Å². The minimum atomic E-state index is -1.19. The third-order valence-corrected chi connectivity index (χ3v) is 9.37. The molecule has 3 N–H and O–H groups in total. The lowest BCUT2D eigenvalue weighted by Crippen LogP contribution is -2.48. The standard InChI is InChI=1S/C16H20O4.C15H19NO4.C10H12O2.C7H10O3.C2H2/c1-11(9-12-7-5-4-6-8-12)10-13-14(17)19-16(2,3)20-15(13)18;1-15(2)19-13(17)12(14(18)20-15)9-11(16)8-10-6-4-3-5-7-10;1-8(10(11)12)7-9-5-3-2-4-6-9;1-5-4-6(8)10-7(2,3)9-5;1-2/h4-8,11,13H,9-10H2,1-3H3;3-7,11-12H,8-9,16H2,1-2H3;2-6,8H,7H2,1H3,(H,11,12);1,4H2,2-3H3;1-2H/t2*11-;8-;;/m000../s1/i;;;;1D. The number of carboxylic acid groups (broad SMARTS) is 1. The molecule has 6 rings (SSSR count). The van der Waals surface area contributed by atoms with Gasteiger partial charge in [-0.3, -0.25) is 28.8 Å². The van der Waals surface area contributed by atoms with E-state index in [0.29, 0.717) is 25.0 Å². The summed E-state index contributed by atoms with van der Waals surface area (Å²) in [5.74, 6) is -7.61. The number of benzene rings is 3. The summed E-state index contributed by atoms with van der Waals surface area (Å²) in [6, 6.07) is 29.0. The lowest BCUT2D eigenvalue weighted by atomic mass is 9.90. The van der Waals surface area contributed by atoms with E-state index in [0.717, 1.165) is 17.5 Å². The van der Waals surface area contributed by atoms with Gasteiger partial charge in [0.25, 0.3) is 11.6 Å². The number of carboxylic acids is 1. The number of nitrogens with two attached hydrogens (primary N) is 1. The van der Waals surface area contributed by atoms with E-state index in [2.05, 4.69) is 13.0 Å². The zero-order valence-corrected chi connectivity index (χ0v) is 38.0. The molecule has 3 saturated heterocycles. The summed E-state index contributed by atoms with van der Waals surface area (Å²) in [6.07, 6.45) is 8.63. The molecule has 0 unspecified atom stereocenters. The molecule has 3 aliphatic rings. The topological polar surface area (TPSA) is 204 Å². The van der Waals surface area contributed by atoms with Crippen LogP contribution in [0.15, 0.2) is 103 Å². The number of carbonyl (C=O) groups is 6. The Balaban J connectivity index is 0.000000302. The first-order valence-corrected chi connectivity index (χ1v) is 20.8. The van der Waals surface area contributed by atoms with Crippen LogP contribution in [0.2, 0.25) is 0 Å². The Labute approximate surface area is 378 Å². The van der Waals surface area contributed by atoms with Gasteiger partial charge in [0, 0.05) is 47.6 Å². The van der Waals surface area contributed by atoms with Crippen molar-refractivity contribution in [2.75, 3.05) is 0 Å². The zero-order chi connectivity index (χ0) is 49.0. The van der Waals surface area contributed by atoms with Gasteiger partial charge in [-0.1, -0.05) is 111 Å². The maximum atomic E-state index is 11.9. The second-order valence-corrected chi connectivity index (χ2v) is 16.9. The van der Waals surface area contributed by atoms with Gasteiger partial charge in [-0.2, -0.15) is 0 Å². The molecule has 3 atom stereocenters. The summed E-state index contributed by atoms with van der Waals surface area (Å²) in [5.41, 5.74) is 9.35. The minimum Gasteiger partial charge on any atom is -0.481 e. The average molecular weight is 887 g/mol. The third-order valence-electron chi connectivity index (χ3n) is 9.37. The molecule has 0 aromatic heterocycles. The van der Waals surface area contributed by atoms with Crippen LogP contribution in [0.5, 0.6) is 0 Å². The molecule has 0 bridgehead atoms. The second-order valence-electron chi connectivity index (χ2n) is 16.9. The van der Waals surface area contributed by atoms with E-state index in [1.54, 1.807) is 34.6 Å². The van der Waals surface area contributed by atoms with E-state index in [9.17, 15) is 28.8 Å². The molecule has 3 heterocycles. The Kier molecular flexibility index (Phi) is 20.3. The highest BCUT2D eigenvalue weighted by molar-refractivity contribution is 5.97. The van der Waals surface area contributed by atoms with E-state index >= 15 is 0 Å². The Bertz CT molecular complexity index is 1930. The van der Waals surface area contributed by atoms with Crippen LogP contribution >= 0.6 is 0 Å². The molecule has 0 saturated carbocycles. The number of cyclic esters (lactones) is 5.